The molecule has 0 aromatic rings. The second-order valence-electron chi connectivity index (χ2n) is 7.09. The Morgan fingerprint density at radius 2 is 1.79 bits per heavy atom. The van der Waals surface area contributed by atoms with Gasteiger partial charge in [0.25, 0.3) is 0 Å². The molecule has 9 nitrogen and oxygen atoms in total. The normalized spacial score (nSPS) is 26.2. The molecule has 0 aliphatic carbocycles. The van der Waals surface area contributed by atoms with E-state index < -0.39 is 24.4 Å². The van der Waals surface area contributed by atoms with Crippen LogP contribution < -0.4 is 5.73 Å². The summed E-state index contributed by atoms with van der Waals surface area (Å²) in [7, 11) is 0. The number of nitrogens with zero attached hydrogens (tertiary/aromatic N) is 2. The van der Waals surface area contributed by atoms with Gasteiger partial charge in [-0.1, -0.05) is 0 Å². The number of rotatable bonds is 4. The van der Waals surface area contributed by atoms with Crippen LogP contribution >= 0.6 is 24.2 Å². The van der Waals surface area contributed by atoms with Crippen molar-refractivity contribution in [3.8, 4) is 0 Å². The maximum atomic E-state index is 12.7. The quantitative estimate of drug-likeness (QED) is 0.424. The number of β-amino-alcohol motifs (C(OH)–C–C–N with tert-alkyl or cyclic N) is 1. The van der Waals surface area contributed by atoms with E-state index in [0.29, 0.717) is 32.4 Å². The van der Waals surface area contributed by atoms with E-state index in [-0.39, 0.29) is 50.5 Å². The predicted molar refractivity (Wildman–Crippen MR) is 115 cm³/mol. The smallest absolute Gasteiger partial charge is 0.239 e. The summed E-state index contributed by atoms with van der Waals surface area (Å²) in [6.07, 6.45) is -0.0760. The fourth-order valence-corrected chi connectivity index (χ4v) is 3.44. The van der Waals surface area contributed by atoms with Crippen molar-refractivity contribution in [2.45, 2.75) is 50.5 Å². The Morgan fingerprint density at radius 3 is 2.41 bits per heavy atom. The van der Waals surface area contributed by atoms with Crippen molar-refractivity contribution in [3.05, 3.63) is 0 Å². The molecule has 1 saturated heterocycles. The third kappa shape index (κ3) is 10.3. The highest BCUT2D eigenvalue weighted by Crippen LogP contribution is 2.09. The third-order valence-electron chi connectivity index (χ3n) is 4.80. The Labute approximate surface area is 183 Å². The molecule has 2 amide bonds. The third-order valence-corrected chi connectivity index (χ3v) is 5.44. The molecule has 11 heteroatoms. The standard InChI is InChI=1S/C18H35N3O6S.ClH/c1-13(22)21-8-7-20(18(26)14(19)5-10-28-2)6-3-4-9-27-12-16(24)17(25)15(23)11-21;/h14-17,23-25H,3-12,19H2,1-2H3;1H/t14-,15-,16+,17+;/m0./s1. The number of hydrogen-bond donors (Lipinski definition) is 4. The van der Waals surface area contributed by atoms with Crippen LogP contribution in [-0.2, 0) is 14.3 Å². The van der Waals surface area contributed by atoms with Gasteiger partial charge in [0, 0.05) is 39.7 Å². The number of hydrogen-bond acceptors (Lipinski definition) is 8. The lowest BCUT2D eigenvalue weighted by molar-refractivity contribution is -0.138. The van der Waals surface area contributed by atoms with E-state index in [1.807, 2.05) is 6.26 Å². The average molecular weight is 458 g/mol. The van der Waals surface area contributed by atoms with Gasteiger partial charge in [-0.25, -0.2) is 0 Å². The average Bonchev–Trinajstić information content (AvgIpc) is 2.67. The van der Waals surface area contributed by atoms with Crippen LogP contribution in [0.25, 0.3) is 0 Å². The molecule has 172 valence electrons. The Hall–Kier alpha value is -0.620. The topological polar surface area (TPSA) is 137 Å². The van der Waals surface area contributed by atoms with Gasteiger partial charge >= 0.3 is 0 Å². The largest absolute Gasteiger partial charge is 0.388 e. The molecule has 29 heavy (non-hydrogen) atoms. The second-order valence-corrected chi connectivity index (χ2v) is 8.07. The summed E-state index contributed by atoms with van der Waals surface area (Å²) < 4.78 is 5.35. The summed E-state index contributed by atoms with van der Waals surface area (Å²) >= 11 is 1.63. The van der Waals surface area contributed by atoms with Crippen molar-refractivity contribution < 1.29 is 29.6 Å². The summed E-state index contributed by atoms with van der Waals surface area (Å²) in [5.74, 6) is 0.352. The molecule has 0 aromatic carbocycles. The van der Waals surface area contributed by atoms with Crippen LogP contribution in [0.2, 0.25) is 0 Å². The van der Waals surface area contributed by atoms with Crippen molar-refractivity contribution in [1.82, 2.24) is 9.80 Å². The van der Waals surface area contributed by atoms with Crippen molar-refractivity contribution >= 4 is 36.0 Å². The first-order chi connectivity index (χ1) is 13.3. The van der Waals surface area contributed by atoms with Crippen LogP contribution in [0.1, 0.15) is 26.2 Å². The van der Waals surface area contributed by atoms with E-state index >= 15 is 0 Å². The van der Waals surface area contributed by atoms with Gasteiger partial charge in [0.2, 0.25) is 11.8 Å². The van der Waals surface area contributed by atoms with Crippen LogP contribution in [0.5, 0.6) is 0 Å². The molecule has 0 spiro atoms. The minimum absolute atomic E-state index is 0. The zero-order valence-corrected chi connectivity index (χ0v) is 18.9. The van der Waals surface area contributed by atoms with Crippen LogP contribution in [-0.4, -0.2) is 113 Å². The first-order valence-corrected chi connectivity index (χ1v) is 11.1. The molecule has 1 fully saturated rings. The molecule has 1 heterocycles. The van der Waals surface area contributed by atoms with Crippen molar-refractivity contribution in [1.29, 1.82) is 0 Å². The lowest BCUT2D eigenvalue weighted by Crippen LogP contribution is -2.51. The van der Waals surface area contributed by atoms with Gasteiger partial charge in [-0.15, -0.1) is 12.4 Å². The van der Waals surface area contributed by atoms with Gasteiger partial charge in [-0.3, -0.25) is 9.59 Å². The highest BCUT2D eigenvalue weighted by molar-refractivity contribution is 7.98. The fraction of sp³-hybridized carbons (Fsp3) is 0.889. The van der Waals surface area contributed by atoms with E-state index in [0.717, 1.165) is 5.75 Å². The van der Waals surface area contributed by atoms with Crippen LogP contribution in [0.15, 0.2) is 0 Å². The molecular weight excluding hydrogens is 422 g/mol. The van der Waals surface area contributed by atoms with E-state index in [4.69, 9.17) is 10.5 Å². The molecule has 0 saturated carbocycles. The Bertz CT molecular complexity index is 491. The van der Waals surface area contributed by atoms with Gasteiger partial charge in [0.1, 0.15) is 18.3 Å². The second kappa shape index (κ2) is 15.2. The van der Waals surface area contributed by atoms with E-state index in [1.54, 1.807) is 16.7 Å². The number of carbonyl (C=O) groups is 2. The molecule has 1 rings (SSSR count). The molecule has 4 atom stereocenters. The molecule has 0 bridgehead atoms. The number of aliphatic hydroxyl groups is 3. The molecule has 0 radical (unpaired) electrons. The lowest BCUT2D eigenvalue weighted by Gasteiger charge is -2.32. The minimum Gasteiger partial charge on any atom is -0.388 e. The summed E-state index contributed by atoms with van der Waals surface area (Å²) in [4.78, 5) is 27.7. The van der Waals surface area contributed by atoms with Crippen molar-refractivity contribution in [2.24, 2.45) is 5.73 Å². The van der Waals surface area contributed by atoms with E-state index in [2.05, 4.69) is 0 Å². The first kappa shape index (κ1) is 28.4. The molecule has 0 unspecified atom stereocenters. The Morgan fingerprint density at radius 1 is 1.14 bits per heavy atom. The molecule has 5 N–H and O–H groups in total. The zero-order chi connectivity index (χ0) is 21.1. The zero-order valence-electron chi connectivity index (χ0n) is 17.2. The SMILES string of the molecule is CSCC[C@H](N)C(=O)N1CCCCOC[C@@H](O)[C@H](O)[C@@H](O)CN(C(C)=O)CC1.Cl. The van der Waals surface area contributed by atoms with Crippen LogP contribution in [0, 0.1) is 0 Å². The molecular formula is C18H36ClN3O6S. The number of halogens is 1. The molecule has 1 aliphatic rings. The summed E-state index contributed by atoms with van der Waals surface area (Å²) in [6.45, 7) is 2.48. The highest BCUT2D eigenvalue weighted by atomic mass is 35.5. The Balaban J connectivity index is 0.00000784. The summed E-state index contributed by atoms with van der Waals surface area (Å²) in [5, 5.41) is 30.1. The first-order valence-electron chi connectivity index (χ1n) is 9.68. The van der Waals surface area contributed by atoms with Crippen LogP contribution in [0.4, 0.5) is 0 Å². The van der Waals surface area contributed by atoms with Gasteiger partial charge in [-0.05, 0) is 31.3 Å². The lowest BCUT2D eigenvalue weighted by atomic mass is 10.1. The number of ether oxygens (including phenoxy) is 1. The predicted octanol–water partition coefficient (Wildman–Crippen LogP) is -0.941. The number of amides is 2. The monoisotopic (exact) mass is 457 g/mol. The van der Waals surface area contributed by atoms with Crippen molar-refractivity contribution in [3.63, 3.8) is 0 Å². The van der Waals surface area contributed by atoms with Crippen LogP contribution in [0.3, 0.4) is 0 Å². The molecule has 0 aromatic heterocycles. The van der Waals surface area contributed by atoms with Gasteiger partial charge in [0.15, 0.2) is 0 Å². The van der Waals surface area contributed by atoms with Crippen molar-refractivity contribution in [2.75, 3.05) is 51.4 Å². The van der Waals surface area contributed by atoms with Gasteiger partial charge in [-0.2, -0.15) is 11.8 Å². The van der Waals surface area contributed by atoms with Gasteiger partial charge in [0.05, 0.1) is 12.6 Å². The number of nitrogens with two attached hydrogens (primary N) is 1. The van der Waals surface area contributed by atoms with Gasteiger partial charge < -0.3 is 35.6 Å². The maximum absolute atomic E-state index is 12.7. The summed E-state index contributed by atoms with van der Waals surface area (Å²) in [5.41, 5.74) is 6.04. The maximum Gasteiger partial charge on any atom is 0.239 e. The number of carbonyl (C=O) groups excluding carboxylic acids is 2. The van der Waals surface area contributed by atoms with E-state index in [9.17, 15) is 24.9 Å². The fourth-order valence-electron chi connectivity index (χ4n) is 2.95. The molecule has 1 aliphatic heterocycles. The number of aliphatic hydroxyl groups excluding tert-OH is 3. The highest BCUT2D eigenvalue weighted by Gasteiger charge is 2.28. The minimum atomic E-state index is -1.43. The van der Waals surface area contributed by atoms with E-state index in [1.165, 1.54) is 11.8 Å². The number of thioether (sulfide) groups is 1. The Kier molecular flexibility index (Phi) is 14.9. The summed E-state index contributed by atoms with van der Waals surface area (Å²) in [6, 6.07) is -0.587.